The molecule has 0 fully saturated rings. The van der Waals surface area contributed by atoms with Crippen molar-refractivity contribution in [1.82, 2.24) is 0 Å². The highest BCUT2D eigenvalue weighted by Crippen LogP contribution is 2.00. The quantitative estimate of drug-likeness (QED) is 0.316. The monoisotopic (exact) mass is 160 g/mol. The molecule has 0 aliphatic rings. The van der Waals surface area contributed by atoms with Crippen LogP contribution in [0.5, 0.6) is 0 Å². The van der Waals surface area contributed by atoms with Gasteiger partial charge in [0.1, 0.15) is 0 Å². The van der Waals surface area contributed by atoms with E-state index in [1.807, 2.05) is 0 Å². The van der Waals surface area contributed by atoms with Crippen molar-refractivity contribution in [3.05, 3.63) is 12.2 Å². The van der Waals surface area contributed by atoms with Crippen LogP contribution >= 0.6 is 11.6 Å². The molecule has 0 heterocycles. The molecule has 0 bridgehead atoms. The van der Waals surface area contributed by atoms with Gasteiger partial charge in [-0.2, -0.15) is 0 Å². The summed E-state index contributed by atoms with van der Waals surface area (Å²) in [5, 5.41) is 0. The molecule has 0 saturated heterocycles. The summed E-state index contributed by atoms with van der Waals surface area (Å²) in [6.07, 6.45) is 10.6. The smallest absolute Gasteiger partial charge is 0.0257 e. The highest BCUT2D eigenvalue weighted by atomic mass is 35.5. The van der Waals surface area contributed by atoms with Gasteiger partial charge in [-0.05, 0) is 19.3 Å². The SMILES string of the molecule is CCCCC/C=C/CCCl. The number of hydrogen-bond donors (Lipinski definition) is 0. The normalized spacial score (nSPS) is 11.0. The molecule has 0 aliphatic heterocycles. The number of alkyl halides is 1. The fourth-order valence-electron chi connectivity index (χ4n) is 0.811. The zero-order valence-electron chi connectivity index (χ0n) is 6.78. The van der Waals surface area contributed by atoms with Crippen LogP contribution in [0.4, 0.5) is 0 Å². The summed E-state index contributed by atoms with van der Waals surface area (Å²) in [4.78, 5) is 0. The summed E-state index contributed by atoms with van der Waals surface area (Å²) >= 11 is 5.49. The fraction of sp³-hybridized carbons (Fsp3) is 0.778. The molecule has 1 heteroatoms. The van der Waals surface area contributed by atoms with Crippen molar-refractivity contribution in [1.29, 1.82) is 0 Å². The van der Waals surface area contributed by atoms with Crippen molar-refractivity contribution in [2.45, 2.75) is 39.0 Å². The van der Waals surface area contributed by atoms with E-state index in [1.165, 1.54) is 25.7 Å². The Morgan fingerprint density at radius 3 is 2.40 bits per heavy atom. The zero-order valence-corrected chi connectivity index (χ0v) is 7.53. The molecule has 0 amide bonds. The Morgan fingerprint density at radius 1 is 1.10 bits per heavy atom. The molecule has 10 heavy (non-hydrogen) atoms. The molecule has 0 aromatic carbocycles. The standard InChI is InChI=1S/C9H17Cl/c1-2-3-4-5-6-7-8-9-10/h6-7H,2-5,8-9H2,1H3/b7-6+. The minimum atomic E-state index is 0.754. The van der Waals surface area contributed by atoms with Crippen LogP contribution in [-0.4, -0.2) is 5.88 Å². The maximum Gasteiger partial charge on any atom is 0.0257 e. The average Bonchev–Trinajstić information content (AvgIpc) is 1.97. The fourth-order valence-corrected chi connectivity index (χ4v) is 0.937. The second-order valence-electron chi connectivity index (χ2n) is 2.44. The molecule has 0 nitrogen and oxygen atoms in total. The number of rotatable bonds is 6. The highest BCUT2D eigenvalue weighted by Gasteiger charge is 1.80. The molecule has 0 atom stereocenters. The Morgan fingerprint density at radius 2 is 1.80 bits per heavy atom. The largest absolute Gasteiger partial charge is 0.126 e. The van der Waals surface area contributed by atoms with Crippen molar-refractivity contribution >= 4 is 11.6 Å². The van der Waals surface area contributed by atoms with Gasteiger partial charge in [0.2, 0.25) is 0 Å². The van der Waals surface area contributed by atoms with Gasteiger partial charge in [-0.15, -0.1) is 11.6 Å². The molecular weight excluding hydrogens is 144 g/mol. The van der Waals surface area contributed by atoms with Gasteiger partial charge in [-0.3, -0.25) is 0 Å². The van der Waals surface area contributed by atoms with E-state index in [9.17, 15) is 0 Å². The van der Waals surface area contributed by atoms with E-state index in [2.05, 4.69) is 19.1 Å². The van der Waals surface area contributed by atoms with E-state index in [-0.39, 0.29) is 0 Å². The highest BCUT2D eigenvalue weighted by molar-refractivity contribution is 6.17. The van der Waals surface area contributed by atoms with Gasteiger partial charge < -0.3 is 0 Å². The maximum atomic E-state index is 5.49. The number of halogens is 1. The van der Waals surface area contributed by atoms with Gasteiger partial charge in [0.15, 0.2) is 0 Å². The lowest BCUT2D eigenvalue weighted by Crippen LogP contribution is -1.71. The number of allylic oxidation sites excluding steroid dienone is 2. The molecule has 0 aromatic heterocycles. The van der Waals surface area contributed by atoms with Crippen LogP contribution in [0.2, 0.25) is 0 Å². The van der Waals surface area contributed by atoms with E-state index in [0.717, 1.165) is 12.3 Å². The third-order valence-electron chi connectivity index (χ3n) is 1.42. The minimum absolute atomic E-state index is 0.754. The Bertz CT molecular complexity index is 76.8. The third-order valence-corrected chi connectivity index (χ3v) is 1.64. The predicted octanol–water partition coefficient (Wildman–Crippen LogP) is 3.75. The van der Waals surface area contributed by atoms with Crippen LogP contribution in [0.15, 0.2) is 12.2 Å². The lowest BCUT2D eigenvalue weighted by Gasteiger charge is -1.90. The van der Waals surface area contributed by atoms with Crippen LogP contribution in [0.25, 0.3) is 0 Å². The van der Waals surface area contributed by atoms with Crippen LogP contribution in [0.3, 0.4) is 0 Å². The molecule has 0 radical (unpaired) electrons. The number of hydrogen-bond acceptors (Lipinski definition) is 0. The van der Waals surface area contributed by atoms with Crippen molar-refractivity contribution in [3.8, 4) is 0 Å². The zero-order chi connectivity index (χ0) is 7.66. The Labute approximate surface area is 69.3 Å². The first-order valence-electron chi connectivity index (χ1n) is 4.12. The van der Waals surface area contributed by atoms with Gasteiger partial charge in [-0.25, -0.2) is 0 Å². The topological polar surface area (TPSA) is 0 Å². The Kier molecular flexibility index (Phi) is 9.06. The molecule has 0 unspecified atom stereocenters. The first kappa shape index (κ1) is 10.0. The van der Waals surface area contributed by atoms with Gasteiger partial charge in [0.25, 0.3) is 0 Å². The second-order valence-corrected chi connectivity index (χ2v) is 2.82. The van der Waals surface area contributed by atoms with Crippen LogP contribution in [-0.2, 0) is 0 Å². The molecule has 0 aliphatic carbocycles. The first-order valence-corrected chi connectivity index (χ1v) is 4.66. The van der Waals surface area contributed by atoms with Gasteiger partial charge in [-0.1, -0.05) is 31.9 Å². The van der Waals surface area contributed by atoms with E-state index >= 15 is 0 Å². The average molecular weight is 161 g/mol. The molecular formula is C9H17Cl. The minimum Gasteiger partial charge on any atom is -0.126 e. The van der Waals surface area contributed by atoms with Crippen LogP contribution in [0, 0.1) is 0 Å². The summed E-state index contributed by atoms with van der Waals surface area (Å²) in [5.41, 5.74) is 0. The summed E-state index contributed by atoms with van der Waals surface area (Å²) < 4.78 is 0. The van der Waals surface area contributed by atoms with Gasteiger partial charge in [0, 0.05) is 5.88 Å². The summed E-state index contributed by atoms with van der Waals surface area (Å²) in [7, 11) is 0. The van der Waals surface area contributed by atoms with Crippen molar-refractivity contribution in [3.63, 3.8) is 0 Å². The summed E-state index contributed by atoms with van der Waals surface area (Å²) in [6.45, 7) is 2.22. The van der Waals surface area contributed by atoms with E-state index in [0.29, 0.717) is 0 Å². The van der Waals surface area contributed by atoms with Crippen molar-refractivity contribution in [2.75, 3.05) is 5.88 Å². The molecule has 0 saturated carbocycles. The third kappa shape index (κ3) is 8.03. The van der Waals surface area contributed by atoms with Crippen LogP contribution < -0.4 is 0 Å². The summed E-state index contributed by atoms with van der Waals surface area (Å²) in [5.74, 6) is 0.754. The van der Waals surface area contributed by atoms with Gasteiger partial charge >= 0.3 is 0 Å². The van der Waals surface area contributed by atoms with E-state index < -0.39 is 0 Å². The summed E-state index contributed by atoms with van der Waals surface area (Å²) in [6, 6.07) is 0. The van der Waals surface area contributed by atoms with Crippen LogP contribution in [0.1, 0.15) is 39.0 Å². The molecule has 0 rings (SSSR count). The van der Waals surface area contributed by atoms with Crippen molar-refractivity contribution in [2.24, 2.45) is 0 Å². The lowest BCUT2D eigenvalue weighted by atomic mass is 10.2. The first-order chi connectivity index (χ1) is 4.91. The molecule has 0 N–H and O–H groups in total. The predicted molar refractivity (Wildman–Crippen MR) is 48.6 cm³/mol. The molecule has 0 aromatic rings. The van der Waals surface area contributed by atoms with E-state index in [1.54, 1.807) is 0 Å². The second kappa shape index (κ2) is 9.03. The molecule has 60 valence electrons. The lowest BCUT2D eigenvalue weighted by molar-refractivity contribution is 0.728. The number of unbranched alkanes of at least 4 members (excludes halogenated alkanes) is 3. The Hall–Kier alpha value is 0.0300. The Balaban J connectivity index is 2.88. The maximum absolute atomic E-state index is 5.49. The van der Waals surface area contributed by atoms with Crippen molar-refractivity contribution < 1.29 is 0 Å². The van der Waals surface area contributed by atoms with E-state index in [4.69, 9.17) is 11.6 Å². The molecule has 0 spiro atoms. The van der Waals surface area contributed by atoms with Gasteiger partial charge in [0.05, 0.1) is 0 Å².